The summed E-state index contributed by atoms with van der Waals surface area (Å²) in [5.74, 6) is 0.462. The maximum absolute atomic E-state index is 9.35. The third-order valence-corrected chi connectivity index (χ3v) is 6.15. The van der Waals surface area contributed by atoms with Gasteiger partial charge in [-0.25, -0.2) is 0 Å². The molecule has 1 atom stereocenters. The molecule has 0 aromatic heterocycles. The number of anilines is 3. The Bertz CT molecular complexity index is 1400. The molecule has 5 aromatic rings. The molecule has 3 nitrogen and oxygen atoms in total. The summed E-state index contributed by atoms with van der Waals surface area (Å²) in [5.41, 5.74) is 5.00. The third-order valence-electron chi connectivity index (χ3n) is 6.15. The van der Waals surface area contributed by atoms with Crippen LogP contribution in [0.15, 0.2) is 127 Å². The molecule has 0 aliphatic heterocycles. The summed E-state index contributed by atoms with van der Waals surface area (Å²) >= 11 is 0. The molecule has 0 fully saturated rings. The lowest BCUT2D eigenvalue weighted by atomic mass is 10.00. The maximum atomic E-state index is 9.35. The second kappa shape index (κ2) is 9.63. The Hall–Kier alpha value is -4.37. The standard InChI is InChI=1S/C31H27N3/c1-23(24-13-5-2-6-14-24)34(31(32)26-16-7-3-8-17-26)30-28-20-12-11-15-25(28)21-22-29(30)33-27-18-9-4-10-19-27/h2-23,32-33H,1H3. The van der Waals surface area contributed by atoms with Crippen molar-refractivity contribution >= 4 is 33.7 Å². The van der Waals surface area contributed by atoms with Gasteiger partial charge in [-0.15, -0.1) is 0 Å². The smallest absolute Gasteiger partial charge is 0.133 e. The minimum Gasteiger partial charge on any atom is -0.354 e. The molecule has 0 saturated carbocycles. The molecule has 166 valence electrons. The van der Waals surface area contributed by atoms with Crippen LogP contribution in [0.5, 0.6) is 0 Å². The van der Waals surface area contributed by atoms with Gasteiger partial charge in [0.1, 0.15) is 5.84 Å². The minimum absolute atomic E-state index is 0.0592. The third kappa shape index (κ3) is 4.28. The molecule has 5 aromatic carbocycles. The summed E-state index contributed by atoms with van der Waals surface area (Å²) in [7, 11) is 0. The van der Waals surface area contributed by atoms with Crippen molar-refractivity contribution in [3.05, 3.63) is 139 Å². The average Bonchev–Trinajstić information content (AvgIpc) is 2.91. The monoisotopic (exact) mass is 441 g/mol. The van der Waals surface area contributed by atoms with Crippen molar-refractivity contribution < 1.29 is 0 Å². The summed E-state index contributed by atoms with van der Waals surface area (Å²) in [6, 6.07) is 43.2. The number of amidine groups is 1. The zero-order chi connectivity index (χ0) is 23.3. The first kappa shape index (κ1) is 21.5. The Balaban J connectivity index is 1.74. The van der Waals surface area contributed by atoms with Crippen LogP contribution in [0.1, 0.15) is 24.1 Å². The van der Waals surface area contributed by atoms with Crippen molar-refractivity contribution in [1.29, 1.82) is 5.41 Å². The Kier molecular flexibility index (Phi) is 6.09. The Morgan fingerprint density at radius 2 is 1.26 bits per heavy atom. The molecule has 2 N–H and O–H groups in total. The molecule has 0 heterocycles. The van der Waals surface area contributed by atoms with Crippen LogP contribution < -0.4 is 10.2 Å². The number of nitrogens with one attached hydrogen (secondary N) is 2. The van der Waals surface area contributed by atoms with Gasteiger partial charge < -0.3 is 10.2 Å². The highest BCUT2D eigenvalue weighted by atomic mass is 15.2. The van der Waals surface area contributed by atoms with E-state index >= 15 is 0 Å². The fourth-order valence-electron chi connectivity index (χ4n) is 4.41. The zero-order valence-electron chi connectivity index (χ0n) is 19.1. The quantitative estimate of drug-likeness (QED) is 0.206. The summed E-state index contributed by atoms with van der Waals surface area (Å²) < 4.78 is 0. The maximum Gasteiger partial charge on any atom is 0.133 e. The minimum atomic E-state index is -0.0592. The Labute approximate surface area is 200 Å². The van der Waals surface area contributed by atoms with E-state index in [-0.39, 0.29) is 6.04 Å². The number of benzene rings is 5. The Morgan fingerprint density at radius 3 is 1.97 bits per heavy atom. The van der Waals surface area contributed by atoms with Gasteiger partial charge in [-0.1, -0.05) is 109 Å². The van der Waals surface area contributed by atoms with Crippen molar-refractivity contribution in [3.63, 3.8) is 0 Å². The van der Waals surface area contributed by atoms with Crippen LogP contribution in [0.3, 0.4) is 0 Å². The van der Waals surface area contributed by atoms with Gasteiger partial charge in [0.25, 0.3) is 0 Å². The molecule has 0 aliphatic rings. The predicted octanol–water partition coefficient (Wildman–Crippen LogP) is 8.18. The zero-order valence-corrected chi connectivity index (χ0v) is 19.1. The first-order valence-corrected chi connectivity index (χ1v) is 11.5. The van der Waals surface area contributed by atoms with Gasteiger partial charge in [-0.3, -0.25) is 5.41 Å². The van der Waals surface area contributed by atoms with E-state index in [2.05, 4.69) is 89.9 Å². The molecule has 0 bridgehead atoms. The van der Waals surface area contributed by atoms with Gasteiger partial charge >= 0.3 is 0 Å². The van der Waals surface area contributed by atoms with E-state index in [1.807, 2.05) is 54.6 Å². The summed E-state index contributed by atoms with van der Waals surface area (Å²) in [6.45, 7) is 2.17. The van der Waals surface area contributed by atoms with E-state index in [1.165, 1.54) is 0 Å². The van der Waals surface area contributed by atoms with Crippen LogP contribution >= 0.6 is 0 Å². The molecule has 1 unspecified atom stereocenters. The van der Waals surface area contributed by atoms with Crippen LogP contribution in [0.2, 0.25) is 0 Å². The molecule has 0 spiro atoms. The van der Waals surface area contributed by atoms with Crippen molar-refractivity contribution in [2.45, 2.75) is 13.0 Å². The van der Waals surface area contributed by atoms with Gasteiger partial charge in [0.05, 0.1) is 17.4 Å². The molecule has 0 saturated heterocycles. The fraction of sp³-hybridized carbons (Fsp3) is 0.0645. The second-order valence-corrected chi connectivity index (χ2v) is 8.35. The molecular weight excluding hydrogens is 414 g/mol. The number of nitrogens with zero attached hydrogens (tertiary/aromatic N) is 1. The van der Waals surface area contributed by atoms with Crippen LogP contribution in [0.25, 0.3) is 10.8 Å². The lowest BCUT2D eigenvalue weighted by Gasteiger charge is -2.35. The Morgan fingerprint density at radius 1 is 0.676 bits per heavy atom. The summed E-state index contributed by atoms with van der Waals surface area (Å²) in [4.78, 5) is 2.15. The molecule has 0 amide bonds. The largest absolute Gasteiger partial charge is 0.354 e. The normalized spacial score (nSPS) is 11.7. The van der Waals surface area contributed by atoms with Gasteiger partial charge in [-0.05, 0) is 36.1 Å². The molecule has 34 heavy (non-hydrogen) atoms. The molecule has 5 rings (SSSR count). The first-order valence-electron chi connectivity index (χ1n) is 11.5. The number of fused-ring (bicyclic) bond motifs is 1. The van der Waals surface area contributed by atoms with Gasteiger partial charge in [0, 0.05) is 16.6 Å². The SMILES string of the molecule is CC(c1ccccc1)N(C(=N)c1ccccc1)c1c(Nc2ccccc2)ccc2ccccc12. The van der Waals surface area contributed by atoms with E-state index in [9.17, 15) is 5.41 Å². The highest BCUT2D eigenvalue weighted by Crippen LogP contribution is 2.41. The van der Waals surface area contributed by atoms with Crippen LogP contribution in [-0.4, -0.2) is 5.84 Å². The molecular formula is C31H27N3. The lowest BCUT2D eigenvalue weighted by molar-refractivity contribution is 0.792. The topological polar surface area (TPSA) is 39.1 Å². The predicted molar refractivity (Wildman–Crippen MR) is 144 cm³/mol. The average molecular weight is 442 g/mol. The van der Waals surface area contributed by atoms with Gasteiger partial charge in [0.2, 0.25) is 0 Å². The van der Waals surface area contributed by atoms with E-state index in [0.29, 0.717) is 5.84 Å². The van der Waals surface area contributed by atoms with E-state index in [1.54, 1.807) is 0 Å². The highest BCUT2D eigenvalue weighted by Gasteiger charge is 2.26. The van der Waals surface area contributed by atoms with Crippen LogP contribution in [-0.2, 0) is 0 Å². The van der Waals surface area contributed by atoms with Crippen molar-refractivity contribution in [2.75, 3.05) is 10.2 Å². The van der Waals surface area contributed by atoms with Gasteiger partial charge in [0.15, 0.2) is 0 Å². The van der Waals surface area contributed by atoms with Crippen molar-refractivity contribution in [3.8, 4) is 0 Å². The highest BCUT2D eigenvalue weighted by molar-refractivity contribution is 6.15. The first-order chi connectivity index (χ1) is 16.7. The summed E-state index contributed by atoms with van der Waals surface area (Å²) in [5, 5.41) is 15.2. The number of para-hydroxylation sites is 1. The fourth-order valence-corrected chi connectivity index (χ4v) is 4.41. The van der Waals surface area contributed by atoms with E-state index in [4.69, 9.17) is 0 Å². The van der Waals surface area contributed by atoms with Gasteiger partial charge in [-0.2, -0.15) is 0 Å². The molecule has 0 radical (unpaired) electrons. The number of hydrogen-bond donors (Lipinski definition) is 2. The molecule has 3 heteroatoms. The van der Waals surface area contributed by atoms with Crippen molar-refractivity contribution in [2.24, 2.45) is 0 Å². The van der Waals surface area contributed by atoms with E-state index < -0.39 is 0 Å². The second-order valence-electron chi connectivity index (χ2n) is 8.35. The number of hydrogen-bond acceptors (Lipinski definition) is 2. The van der Waals surface area contributed by atoms with Crippen LogP contribution in [0, 0.1) is 5.41 Å². The summed E-state index contributed by atoms with van der Waals surface area (Å²) in [6.07, 6.45) is 0. The lowest BCUT2D eigenvalue weighted by Crippen LogP contribution is -2.34. The number of rotatable bonds is 6. The molecule has 0 aliphatic carbocycles. The van der Waals surface area contributed by atoms with Crippen LogP contribution in [0.4, 0.5) is 17.1 Å². The van der Waals surface area contributed by atoms with E-state index in [0.717, 1.165) is 39.0 Å². The van der Waals surface area contributed by atoms with Crippen molar-refractivity contribution in [1.82, 2.24) is 0 Å².